The standard InChI is InChI=1S/C32H43N5/c1-34-21-25-23-35(24-26(25)22-34)31-33-29-13-7-8-14-30(29)37(31)28-15-19-36(20-16-28)32(17-9-2-3-10-18-32)27-11-5-4-6-12-27/h4-8,11-14,25-26,28H,2-3,9-10,15-24H2,1H3. The molecule has 196 valence electrons. The van der Waals surface area contributed by atoms with E-state index in [1.807, 2.05) is 0 Å². The van der Waals surface area contributed by atoms with E-state index in [1.54, 1.807) is 5.56 Å². The van der Waals surface area contributed by atoms with E-state index < -0.39 is 0 Å². The van der Waals surface area contributed by atoms with Gasteiger partial charge in [-0.05, 0) is 62.3 Å². The second-order valence-electron chi connectivity index (χ2n) is 12.4. The van der Waals surface area contributed by atoms with Crippen LogP contribution in [0.3, 0.4) is 0 Å². The van der Waals surface area contributed by atoms with Crippen LogP contribution in [-0.4, -0.2) is 65.7 Å². The third kappa shape index (κ3) is 4.19. The van der Waals surface area contributed by atoms with Gasteiger partial charge in [0, 0.05) is 50.8 Å². The van der Waals surface area contributed by atoms with Gasteiger partial charge in [0.15, 0.2) is 0 Å². The van der Waals surface area contributed by atoms with Crippen LogP contribution >= 0.6 is 0 Å². The number of fused-ring (bicyclic) bond motifs is 2. The highest BCUT2D eigenvalue weighted by Crippen LogP contribution is 2.45. The predicted octanol–water partition coefficient (Wildman–Crippen LogP) is 5.92. The van der Waals surface area contributed by atoms with Crippen LogP contribution < -0.4 is 4.90 Å². The number of piperidine rings is 1. The second-order valence-corrected chi connectivity index (χ2v) is 12.4. The highest BCUT2D eigenvalue weighted by molar-refractivity contribution is 5.79. The van der Waals surface area contributed by atoms with Gasteiger partial charge in [0.25, 0.3) is 0 Å². The molecule has 3 aromatic rings. The fourth-order valence-corrected chi connectivity index (χ4v) is 8.41. The maximum absolute atomic E-state index is 5.26. The number of aromatic nitrogens is 2. The zero-order chi connectivity index (χ0) is 24.8. The van der Waals surface area contributed by atoms with Crippen molar-refractivity contribution in [3.8, 4) is 0 Å². The number of hydrogen-bond acceptors (Lipinski definition) is 4. The summed E-state index contributed by atoms with van der Waals surface area (Å²) in [6, 6.07) is 20.9. The summed E-state index contributed by atoms with van der Waals surface area (Å²) in [5.41, 5.74) is 4.27. The normalized spacial score (nSPS) is 27.5. The molecule has 0 amide bonds. The van der Waals surface area contributed by atoms with Crippen molar-refractivity contribution < 1.29 is 0 Å². The molecular formula is C32H43N5. The monoisotopic (exact) mass is 497 g/mol. The van der Waals surface area contributed by atoms with Crippen LogP contribution in [-0.2, 0) is 5.54 Å². The van der Waals surface area contributed by atoms with Crippen LogP contribution in [0.1, 0.15) is 63.0 Å². The lowest BCUT2D eigenvalue weighted by atomic mass is 9.79. The van der Waals surface area contributed by atoms with Gasteiger partial charge in [-0.3, -0.25) is 4.90 Å². The fourth-order valence-electron chi connectivity index (χ4n) is 8.41. The molecule has 5 heteroatoms. The SMILES string of the molecule is CN1CC2CN(c3nc4ccccc4n3C3CCN(C4(c5ccccc5)CCCCCC4)CC3)CC2C1. The molecular weight excluding hydrogens is 454 g/mol. The zero-order valence-electron chi connectivity index (χ0n) is 22.6. The molecule has 0 spiro atoms. The van der Waals surface area contributed by atoms with E-state index >= 15 is 0 Å². The number of imidazole rings is 1. The largest absolute Gasteiger partial charge is 0.342 e. The Bertz CT molecular complexity index is 1190. The van der Waals surface area contributed by atoms with Gasteiger partial charge in [0.2, 0.25) is 5.95 Å². The van der Waals surface area contributed by atoms with Crippen LogP contribution in [0.4, 0.5) is 5.95 Å². The zero-order valence-corrected chi connectivity index (χ0v) is 22.6. The minimum atomic E-state index is 0.223. The van der Waals surface area contributed by atoms with E-state index in [-0.39, 0.29) is 5.54 Å². The number of likely N-dealkylation sites (tertiary alicyclic amines) is 2. The van der Waals surface area contributed by atoms with Crippen molar-refractivity contribution in [2.75, 3.05) is 51.2 Å². The molecule has 4 heterocycles. The fraction of sp³-hybridized carbons (Fsp3) is 0.594. The summed E-state index contributed by atoms with van der Waals surface area (Å²) in [5, 5.41) is 0. The number of benzene rings is 2. The molecule has 4 fully saturated rings. The minimum Gasteiger partial charge on any atom is -0.342 e. The van der Waals surface area contributed by atoms with Crippen molar-refractivity contribution >= 4 is 17.0 Å². The first-order valence-electron chi connectivity index (χ1n) is 14.9. The van der Waals surface area contributed by atoms with E-state index in [2.05, 4.69) is 80.9 Å². The van der Waals surface area contributed by atoms with Crippen molar-refractivity contribution in [1.82, 2.24) is 19.4 Å². The molecule has 5 nitrogen and oxygen atoms in total. The third-order valence-electron chi connectivity index (χ3n) is 10.2. The van der Waals surface area contributed by atoms with Crippen molar-refractivity contribution in [3.63, 3.8) is 0 Å². The van der Waals surface area contributed by atoms with Gasteiger partial charge in [0.05, 0.1) is 11.0 Å². The highest BCUT2D eigenvalue weighted by Gasteiger charge is 2.43. The predicted molar refractivity (Wildman–Crippen MR) is 152 cm³/mol. The Morgan fingerprint density at radius 3 is 2.11 bits per heavy atom. The van der Waals surface area contributed by atoms with E-state index in [9.17, 15) is 0 Å². The van der Waals surface area contributed by atoms with Crippen LogP contribution in [0.25, 0.3) is 11.0 Å². The Hall–Kier alpha value is -2.37. The number of hydrogen-bond donors (Lipinski definition) is 0. The Morgan fingerprint density at radius 1 is 0.757 bits per heavy atom. The molecule has 2 unspecified atom stereocenters. The Morgan fingerprint density at radius 2 is 1.41 bits per heavy atom. The first kappa shape index (κ1) is 23.7. The third-order valence-corrected chi connectivity index (χ3v) is 10.2. The summed E-state index contributed by atoms with van der Waals surface area (Å²) < 4.78 is 2.65. The van der Waals surface area contributed by atoms with Crippen LogP contribution in [0.2, 0.25) is 0 Å². The maximum atomic E-state index is 5.26. The van der Waals surface area contributed by atoms with E-state index in [0.29, 0.717) is 6.04 Å². The number of anilines is 1. The second kappa shape index (κ2) is 9.74. The average molecular weight is 498 g/mol. The lowest BCUT2D eigenvalue weighted by molar-refractivity contribution is 0.0361. The Balaban J connectivity index is 1.17. The molecule has 0 N–H and O–H groups in total. The lowest BCUT2D eigenvalue weighted by Gasteiger charge is -2.48. The Kier molecular flexibility index (Phi) is 6.25. The van der Waals surface area contributed by atoms with Crippen LogP contribution in [0.5, 0.6) is 0 Å². The van der Waals surface area contributed by atoms with Crippen molar-refractivity contribution in [1.29, 1.82) is 0 Å². The first-order chi connectivity index (χ1) is 18.2. The van der Waals surface area contributed by atoms with E-state index in [0.717, 1.165) is 24.9 Å². The molecule has 37 heavy (non-hydrogen) atoms. The summed E-state index contributed by atoms with van der Waals surface area (Å²) in [5.74, 6) is 2.83. The summed E-state index contributed by atoms with van der Waals surface area (Å²) >= 11 is 0. The molecule has 1 saturated carbocycles. The molecule has 3 aliphatic heterocycles. The number of nitrogens with zero attached hydrogens (tertiary/aromatic N) is 5. The maximum Gasteiger partial charge on any atom is 0.206 e. The molecule has 7 rings (SSSR count). The summed E-state index contributed by atoms with van der Waals surface area (Å²) in [6.07, 6.45) is 10.6. The van der Waals surface area contributed by atoms with Gasteiger partial charge in [-0.1, -0.05) is 68.1 Å². The highest BCUT2D eigenvalue weighted by atomic mass is 15.4. The van der Waals surface area contributed by atoms with E-state index in [4.69, 9.17) is 4.98 Å². The van der Waals surface area contributed by atoms with Crippen LogP contribution in [0, 0.1) is 11.8 Å². The summed E-state index contributed by atoms with van der Waals surface area (Å²) in [6.45, 7) is 7.16. The van der Waals surface area contributed by atoms with Crippen LogP contribution in [0.15, 0.2) is 54.6 Å². The van der Waals surface area contributed by atoms with Gasteiger partial charge in [-0.15, -0.1) is 0 Å². The minimum absolute atomic E-state index is 0.223. The van der Waals surface area contributed by atoms with Gasteiger partial charge >= 0.3 is 0 Å². The smallest absolute Gasteiger partial charge is 0.206 e. The van der Waals surface area contributed by atoms with Crippen molar-refractivity contribution in [3.05, 3.63) is 60.2 Å². The number of rotatable bonds is 4. The molecule has 2 atom stereocenters. The first-order valence-corrected chi connectivity index (χ1v) is 14.9. The lowest BCUT2D eigenvalue weighted by Crippen LogP contribution is -2.50. The molecule has 1 aliphatic carbocycles. The van der Waals surface area contributed by atoms with Crippen molar-refractivity contribution in [2.24, 2.45) is 11.8 Å². The molecule has 4 aliphatic rings. The van der Waals surface area contributed by atoms with Gasteiger partial charge in [-0.25, -0.2) is 4.98 Å². The molecule has 3 saturated heterocycles. The Labute approximate surface area is 222 Å². The topological polar surface area (TPSA) is 27.5 Å². The molecule has 1 aromatic heterocycles. The molecule has 2 aromatic carbocycles. The summed E-state index contributed by atoms with van der Waals surface area (Å²) in [7, 11) is 2.28. The van der Waals surface area contributed by atoms with Gasteiger partial charge in [0.1, 0.15) is 0 Å². The van der Waals surface area contributed by atoms with Crippen molar-refractivity contribution in [2.45, 2.75) is 62.9 Å². The number of para-hydroxylation sites is 2. The summed E-state index contributed by atoms with van der Waals surface area (Å²) in [4.78, 5) is 13.3. The van der Waals surface area contributed by atoms with Gasteiger partial charge in [-0.2, -0.15) is 0 Å². The average Bonchev–Trinajstić information content (AvgIpc) is 3.54. The van der Waals surface area contributed by atoms with E-state index in [1.165, 1.54) is 94.5 Å². The molecule has 0 radical (unpaired) electrons. The van der Waals surface area contributed by atoms with Gasteiger partial charge < -0.3 is 14.4 Å². The quantitative estimate of drug-likeness (QED) is 0.418. The molecule has 0 bridgehead atoms.